The van der Waals surface area contributed by atoms with E-state index in [-0.39, 0.29) is 17.9 Å². The first-order valence-electron chi connectivity index (χ1n) is 10.8. The van der Waals surface area contributed by atoms with E-state index in [4.69, 9.17) is 4.74 Å². The van der Waals surface area contributed by atoms with E-state index in [0.717, 1.165) is 50.1 Å². The van der Waals surface area contributed by atoms with Gasteiger partial charge >= 0.3 is 0 Å². The Kier molecular flexibility index (Phi) is 7.35. The lowest BCUT2D eigenvalue weighted by Crippen LogP contribution is -2.48. The highest BCUT2D eigenvalue weighted by Gasteiger charge is 2.29. The monoisotopic (exact) mass is 386 g/mol. The Morgan fingerprint density at radius 3 is 2.50 bits per heavy atom. The summed E-state index contributed by atoms with van der Waals surface area (Å²) in [6, 6.07) is 6.14. The third kappa shape index (κ3) is 5.49. The molecule has 1 saturated heterocycles. The van der Waals surface area contributed by atoms with Gasteiger partial charge in [0.2, 0.25) is 11.8 Å². The summed E-state index contributed by atoms with van der Waals surface area (Å²) in [7, 11) is 0. The molecule has 28 heavy (non-hydrogen) atoms. The summed E-state index contributed by atoms with van der Waals surface area (Å²) in [5, 5.41) is 3.11. The average Bonchev–Trinajstić information content (AvgIpc) is 2.72. The Hall–Kier alpha value is -2.04. The number of likely N-dealkylation sites (tertiary alicyclic amines) is 1. The predicted octanol–water partition coefficient (Wildman–Crippen LogP) is 3.76. The van der Waals surface area contributed by atoms with E-state index in [1.165, 1.54) is 24.8 Å². The van der Waals surface area contributed by atoms with Crippen LogP contribution in [0.3, 0.4) is 0 Å². The average molecular weight is 387 g/mol. The van der Waals surface area contributed by atoms with Crippen molar-refractivity contribution >= 4 is 11.8 Å². The smallest absolute Gasteiger partial charge is 0.225 e. The molecular formula is C23H34N2O3. The molecule has 1 N–H and O–H groups in total. The quantitative estimate of drug-likeness (QED) is 0.810. The van der Waals surface area contributed by atoms with E-state index < -0.39 is 0 Å². The van der Waals surface area contributed by atoms with E-state index in [1.54, 1.807) is 0 Å². The van der Waals surface area contributed by atoms with Gasteiger partial charge in [-0.3, -0.25) is 9.59 Å². The maximum absolute atomic E-state index is 12.6. The van der Waals surface area contributed by atoms with Crippen LogP contribution in [-0.2, 0) is 9.59 Å². The minimum absolute atomic E-state index is 0.0300. The van der Waals surface area contributed by atoms with Gasteiger partial charge in [-0.15, -0.1) is 0 Å². The van der Waals surface area contributed by atoms with Crippen LogP contribution < -0.4 is 10.1 Å². The van der Waals surface area contributed by atoms with Crippen LogP contribution >= 0.6 is 0 Å². The number of amides is 2. The molecule has 0 unspecified atom stereocenters. The second-order valence-electron chi connectivity index (χ2n) is 8.30. The molecule has 5 nitrogen and oxygen atoms in total. The summed E-state index contributed by atoms with van der Waals surface area (Å²) in [6.07, 6.45) is 7.80. The molecule has 1 saturated carbocycles. The molecule has 1 aromatic carbocycles. The van der Waals surface area contributed by atoms with Crippen LogP contribution in [0.1, 0.15) is 62.5 Å². The van der Waals surface area contributed by atoms with Crippen molar-refractivity contribution in [1.82, 2.24) is 10.2 Å². The largest absolute Gasteiger partial charge is 0.493 e. The van der Waals surface area contributed by atoms with Gasteiger partial charge in [-0.05, 0) is 56.7 Å². The van der Waals surface area contributed by atoms with Crippen molar-refractivity contribution in [3.05, 3.63) is 29.3 Å². The molecule has 2 fully saturated rings. The first-order chi connectivity index (χ1) is 13.5. The number of hydrogen-bond donors (Lipinski definition) is 1. The molecule has 1 aliphatic carbocycles. The molecule has 0 aromatic heterocycles. The van der Waals surface area contributed by atoms with Gasteiger partial charge in [0.15, 0.2) is 0 Å². The molecular weight excluding hydrogens is 352 g/mol. The number of ether oxygens (including phenoxy) is 1. The Labute approximate surface area is 168 Å². The minimum atomic E-state index is 0.0300. The summed E-state index contributed by atoms with van der Waals surface area (Å²) in [6.45, 7) is 6.00. The van der Waals surface area contributed by atoms with Crippen LogP contribution in [0, 0.1) is 19.8 Å². The van der Waals surface area contributed by atoms with Gasteiger partial charge < -0.3 is 15.0 Å². The minimum Gasteiger partial charge on any atom is -0.493 e. The summed E-state index contributed by atoms with van der Waals surface area (Å²) in [5.74, 6) is 1.46. The van der Waals surface area contributed by atoms with Crippen LogP contribution in [0.15, 0.2) is 18.2 Å². The Morgan fingerprint density at radius 1 is 1.07 bits per heavy atom. The normalized spacial score (nSPS) is 18.7. The number of hydrogen-bond acceptors (Lipinski definition) is 3. The van der Waals surface area contributed by atoms with E-state index in [0.29, 0.717) is 18.9 Å². The topological polar surface area (TPSA) is 58.6 Å². The van der Waals surface area contributed by atoms with Crippen LogP contribution in [0.5, 0.6) is 5.75 Å². The molecule has 0 atom stereocenters. The first kappa shape index (κ1) is 20.7. The molecule has 3 rings (SSSR count). The summed E-state index contributed by atoms with van der Waals surface area (Å²) in [5.41, 5.74) is 2.31. The SMILES string of the molecule is Cc1cccc(OCCC(=O)NC2CCN(C(=O)C3CCCCC3)CC2)c1C. The van der Waals surface area contributed by atoms with Crippen LogP contribution in [0.25, 0.3) is 0 Å². The highest BCUT2D eigenvalue weighted by atomic mass is 16.5. The Bertz CT molecular complexity index is 674. The third-order valence-corrected chi connectivity index (χ3v) is 6.27. The molecule has 1 aliphatic heterocycles. The van der Waals surface area contributed by atoms with Crippen molar-refractivity contribution < 1.29 is 14.3 Å². The fourth-order valence-electron chi connectivity index (χ4n) is 4.29. The molecule has 0 spiro atoms. The number of nitrogens with zero attached hydrogens (tertiary/aromatic N) is 1. The number of rotatable bonds is 6. The van der Waals surface area contributed by atoms with Gasteiger partial charge in [-0.2, -0.15) is 0 Å². The number of piperidine rings is 1. The lowest BCUT2D eigenvalue weighted by atomic mass is 9.87. The van der Waals surface area contributed by atoms with Gasteiger partial charge in [0.25, 0.3) is 0 Å². The molecule has 5 heteroatoms. The van der Waals surface area contributed by atoms with Crippen molar-refractivity contribution in [1.29, 1.82) is 0 Å². The third-order valence-electron chi connectivity index (χ3n) is 6.27. The molecule has 1 aromatic rings. The van der Waals surface area contributed by atoms with Gasteiger partial charge in [0, 0.05) is 25.0 Å². The highest BCUT2D eigenvalue weighted by Crippen LogP contribution is 2.26. The number of carbonyl (C=O) groups excluding carboxylic acids is 2. The van der Waals surface area contributed by atoms with E-state index >= 15 is 0 Å². The first-order valence-corrected chi connectivity index (χ1v) is 10.8. The van der Waals surface area contributed by atoms with Crippen molar-refractivity contribution in [3.8, 4) is 5.75 Å². The van der Waals surface area contributed by atoms with E-state index in [9.17, 15) is 9.59 Å². The summed E-state index contributed by atoms with van der Waals surface area (Å²) < 4.78 is 5.78. The maximum Gasteiger partial charge on any atom is 0.225 e. The summed E-state index contributed by atoms with van der Waals surface area (Å²) in [4.78, 5) is 26.9. The van der Waals surface area contributed by atoms with E-state index in [1.807, 2.05) is 24.0 Å². The highest BCUT2D eigenvalue weighted by molar-refractivity contribution is 5.79. The van der Waals surface area contributed by atoms with Crippen LogP contribution in [0.4, 0.5) is 0 Å². The lowest BCUT2D eigenvalue weighted by Gasteiger charge is -2.35. The number of benzene rings is 1. The van der Waals surface area contributed by atoms with Gasteiger partial charge in [-0.1, -0.05) is 31.4 Å². The lowest BCUT2D eigenvalue weighted by molar-refractivity contribution is -0.137. The second kappa shape index (κ2) is 9.94. The molecule has 2 aliphatic rings. The zero-order chi connectivity index (χ0) is 19.9. The van der Waals surface area contributed by atoms with Gasteiger partial charge in [-0.25, -0.2) is 0 Å². The summed E-state index contributed by atoms with van der Waals surface area (Å²) >= 11 is 0. The number of nitrogens with one attached hydrogen (secondary N) is 1. The Morgan fingerprint density at radius 2 is 1.79 bits per heavy atom. The fraction of sp³-hybridized carbons (Fsp3) is 0.652. The zero-order valence-corrected chi connectivity index (χ0v) is 17.3. The molecule has 2 amide bonds. The molecule has 0 radical (unpaired) electrons. The fourth-order valence-corrected chi connectivity index (χ4v) is 4.29. The zero-order valence-electron chi connectivity index (χ0n) is 17.3. The van der Waals surface area contributed by atoms with Crippen LogP contribution in [-0.4, -0.2) is 42.5 Å². The molecule has 1 heterocycles. The number of aryl methyl sites for hydroxylation is 1. The molecule has 154 valence electrons. The second-order valence-corrected chi connectivity index (χ2v) is 8.30. The van der Waals surface area contributed by atoms with Crippen molar-refractivity contribution in [2.75, 3.05) is 19.7 Å². The van der Waals surface area contributed by atoms with Crippen molar-refractivity contribution in [2.24, 2.45) is 5.92 Å². The van der Waals surface area contributed by atoms with Crippen LogP contribution in [0.2, 0.25) is 0 Å². The maximum atomic E-state index is 12.6. The van der Waals surface area contributed by atoms with E-state index in [2.05, 4.69) is 18.3 Å². The van der Waals surface area contributed by atoms with Gasteiger partial charge in [0.1, 0.15) is 5.75 Å². The Balaban J connectivity index is 1.35. The van der Waals surface area contributed by atoms with Crippen molar-refractivity contribution in [2.45, 2.75) is 71.3 Å². The van der Waals surface area contributed by atoms with Crippen molar-refractivity contribution in [3.63, 3.8) is 0 Å². The predicted molar refractivity (Wildman–Crippen MR) is 110 cm³/mol. The standard InChI is InChI=1S/C23H34N2O3/c1-17-7-6-10-21(18(17)2)28-16-13-22(26)24-20-11-14-25(15-12-20)23(27)19-8-4-3-5-9-19/h6-7,10,19-20H,3-5,8-9,11-16H2,1-2H3,(H,24,26). The number of carbonyl (C=O) groups is 2. The molecule has 0 bridgehead atoms. The van der Waals surface area contributed by atoms with Gasteiger partial charge in [0.05, 0.1) is 13.0 Å².